The highest BCUT2D eigenvalue weighted by molar-refractivity contribution is 5.98. The SMILES string of the molecule is [2H]N1C(=O)CNC(=O)[C@H](CCCN=C(N)N)NC(=O)[C@H](CCCCNC(=O)CCC#C)NC(=O)[C@H](Cc2ccccc2)NC(=O)[C@@H]1CC(=O)O. The first-order chi connectivity index (χ1) is 23.8. The number of aliphatic carboxylic acids is 1. The van der Waals surface area contributed by atoms with E-state index in [-0.39, 0.29) is 68.8 Å². The number of nitrogens with two attached hydrogens (primary N) is 2. The lowest BCUT2D eigenvalue weighted by atomic mass is 10.0. The molecule has 266 valence electrons. The standard InChI is InChI=1S/C32H45N9O8/c1-2-3-14-25(42)35-15-8-7-12-22-29(47)39-21(13-9-16-36-32(33)34)28(46)37-19-26(43)38-24(18-27(44)45)31(49)41-23(30(48)40-22)17-20-10-5-4-6-11-20/h1,4-6,10-11,21-24H,3,7-9,12-19H2,(H,35,42)(H,37,46)(H,38,43)(H,39,47)(H,40,48)(H,41,49)(H,44,45)(H4,33,34,36)/t21-,22-,23-,24-/m0/s1/i/hD. The van der Waals surface area contributed by atoms with Gasteiger partial charge in [-0.15, -0.1) is 12.3 Å². The van der Waals surface area contributed by atoms with Crippen LogP contribution in [0.4, 0.5) is 0 Å². The Bertz CT molecular complexity index is 1430. The molecule has 0 aliphatic carbocycles. The molecule has 6 amide bonds. The van der Waals surface area contributed by atoms with Gasteiger partial charge in [0.25, 0.3) is 0 Å². The van der Waals surface area contributed by atoms with Crippen molar-refractivity contribution < 1.29 is 40.1 Å². The van der Waals surface area contributed by atoms with Crippen LogP contribution in [0, 0.1) is 12.3 Å². The molecule has 0 radical (unpaired) electrons. The lowest BCUT2D eigenvalue weighted by Crippen LogP contribution is -2.58. The molecule has 1 saturated heterocycles. The van der Waals surface area contributed by atoms with Crippen LogP contribution in [0.3, 0.4) is 0 Å². The Kier molecular flexibility index (Phi) is 16.4. The molecule has 1 aromatic carbocycles. The Morgan fingerprint density at radius 1 is 0.918 bits per heavy atom. The highest BCUT2D eigenvalue weighted by Crippen LogP contribution is 2.09. The maximum atomic E-state index is 13.8. The van der Waals surface area contributed by atoms with Gasteiger partial charge < -0.3 is 48.5 Å². The summed E-state index contributed by atoms with van der Waals surface area (Å²) in [5.74, 6) is -4.12. The van der Waals surface area contributed by atoms with Crippen molar-refractivity contribution in [1.82, 2.24) is 31.9 Å². The molecule has 2 rings (SSSR count). The van der Waals surface area contributed by atoms with Crippen LogP contribution >= 0.6 is 0 Å². The molecule has 1 aliphatic rings. The van der Waals surface area contributed by atoms with Crippen molar-refractivity contribution in [2.75, 3.05) is 19.6 Å². The van der Waals surface area contributed by atoms with Gasteiger partial charge >= 0.3 is 5.97 Å². The van der Waals surface area contributed by atoms with Crippen molar-refractivity contribution >= 4 is 47.4 Å². The van der Waals surface area contributed by atoms with E-state index in [2.05, 4.69) is 37.5 Å². The van der Waals surface area contributed by atoms with Gasteiger partial charge in [-0.25, -0.2) is 0 Å². The van der Waals surface area contributed by atoms with E-state index >= 15 is 0 Å². The van der Waals surface area contributed by atoms with Crippen LogP contribution < -0.4 is 43.4 Å². The summed E-state index contributed by atoms with van der Waals surface area (Å²) >= 11 is 0. The number of guanidine groups is 1. The number of carboxylic acids is 1. The molecule has 17 nitrogen and oxygen atoms in total. The molecular weight excluding hydrogens is 638 g/mol. The molecule has 1 heterocycles. The second-order valence-electron chi connectivity index (χ2n) is 11.2. The van der Waals surface area contributed by atoms with E-state index in [0.29, 0.717) is 18.4 Å². The number of carbonyl (C=O) groups is 7. The molecule has 49 heavy (non-hydrogen) atoms. The first kappa shape index (κ1) is 37.8. The number of unbranched alkanes of at least 4 members (excludes halogenated alkanes) is 1. The van der Waals surface area contributed by atoms with Crippen LogP contribution in [0.5, 0.6) is 0 Å². The van der Waals surface area contributed by atoms with Crippen LogP contribution in [0.25, 0.3) is 0 Å². The third kappa shape index (κ3) is 15.7. The maximum Gasteiger partial charge on any atom is 0.305 e. The van der Waals surface area contributed by atoms with Crippen molar-refractivity contribution in [2.24, 2.45) is 16.5 Å². The molecule has 0 spiro atoms. The number of hydrogen-bond acceptors (Lipinski definition) is 8. The summed E-state index contributed by atoms with van der Waals surface area (Å²) < 4.78 is 8.26. The second kappa shape index (κ2) is 21.3. The van der Waals surface area contributed by atoms with Crippen molar-refractivity contribution in [3.63, 3.8) is 0 Å². The second-order valence-corrected chi connectivity index (χ2v) is 11.2. The monoisotopic (exact) mass is 684 g/mol. The lowest BCUT2D eigenvalue weighted by molar-refractivity contribution is -0.141. The minimum absolute atomic E-state index is 0.00972. The molecule has 1 aliphatic heterocycles. The Morgan fingerprint density at radius 2 is 1.53 bits per heavy atom. The van der Waals surface area contributed by atoms with E-state index < -0.39 is 72.6 Å². The fourth-order valence-electron chi connectivity index (χ4n) is 4.76. The summed E-state index contributed by atoms with van der Waals surface area (Å²) in [6, 6.07) is 2.84. The number of hydrogen-bond donors (Lipinski definition) is 9. The van der Waals surface area contributed by atoms with Gasteiger partial charge in [-0.3, -0.25) is 38.6 Å². The first-order valence-electron chi connectivity index (χ1n) is 16.3. The quantitative estimate of drug-likeness (QED) is 0.0406. The zero-order chi connectivity index (χ0) is 37.1. The van der Waals surface area contributed by atoms with Crippen molar-refractivity contribution in [2.45, 2.75) is 82.0 Å². The molecule has 0 saturated carbocycles. The number of aliphatic imine (C=N–C) groups is 1. The summed E-state index contributed by atoms with van der Waals surface area (Å²) in [6.45, 7) is -0.412. The summed E-state index contributed by atoms with van der Waals surface area (Å²) in [5.41, 5.74) is 11.4. The third-order valence-corrected chi connectivity index (χ3v) is 7.25. The van der Waals surface area contributed by atoms with Crippen molar-refractivity contribution in [3.05, 3.63) is 35.9 Å². The van der Waals surface area contributed by atoms with Gasteiger partial charge in [0, 0.05) is 32.4 Å². The van der Waals surface area contributed by atoms with E-state index in [9.17, 15) is 38.7 Å². The van der Waals surface area contributed by atoms with Crippen molar-refractivity contribution in [1.29, 1.82) is 0 Å². The van der Waals surface area contributed by atoms with Gasteiger partial charge in [-0.05, 0) is 37.7 Å². The van der Waals surface area contributed by atoms with Crippen LogP contribution in [-0.2, 0) is 40.0 Å². The Morgan fingerprint density at radius 3 is 2.18 bits per heavy atom. The van der Waals surface area contributed by atoms with Crippen molar-refractivity contribution in [3.8, 4) is 12.3 Å². The van der Waals surface area contributed by atoms with E-state index in [1.54, 1.807) is 30.3 Å². The van der Waals surface area contributed by atoms with E-state index in [4.69, 9.17) is 19.3 Å². The summed E-state index contributed by atoms with van der Waals surface area (Å²) in [6.07, 6.45) is 5.65. The summed E-state index contributed by atoms with van der Waals surface area (Å²) in [5, 5.41) is 22.4. The maximum absolute atomic E-state index is 13.8. The first-order valence-corrected chi connectivity index (χ1v) is 15.8. The highest BCUT2D eigenvalue weighted by Gasteiger charge is 2.33. The number of terminal acetylenes is 1. The molecular formula is C32H45N9O8. The van der Waals surface area contributed by atoms with E-state index in [0.717, 1.165) is 0 Å². The van der Waals surface area contributed by atoms with Crippen LogP contribution in [-0.4, -0.2) is 96.3 Å². The Labute approximate surface area is 285 Å². The zero-order valence-electron chi connectivity index (χ0n) is 28.1. The largest absolute Gasteiger partial charge is 0.481 e. The van der Waals surface area contributed by atoms with Crippen LogP contribution in [0.2, 0.25) is 1.41 Å². The Balaban J connectivity index is 2.44. The number of nitrogens with zero attached hydrogens (tertiary/aromatic N) is 1. The summed E-state index contributed by atoms with van der Waals surface area (Å²) in [7, 11) is 0. The minimum Gasteiger partial charge on any atom is -0.481 e. The van der Waals surface area contributed by atoms with Crippen LogP contribution in [0.1, 0.15) is 56.9 Å². The molecule has 0 unspecified atom stereocenters. The van der Waals surface area contributed by atoms with Gasteiger partial charge in [-0.2, -0.15) is 0 Å². The topological polar surface area (TPSA) is 276 Å². The average molecular weight is 685 g/mol. The summed E-state index contributed by atoms with van der Waals surface area (Å²) in [4.78, 5) is 94.4. The smallest absolute Gasteiger partial charge is 0.305 e. The Hall–Kier alpha value is -5.66. The molecule has 4 atom stereocenters. The number of benzene rings is 1. The normalized spacial score (nSPS) is 20.9. The molecule has 1 aromatic rings. The van der Waals surface area contributed by atoms with Gasteiger partial charge in [0.1, 0.15) is 24.2 Å². The number of nitrogens with one attached hydrogen (secondary N) is 6. The minimum atomic E-state index is -1.87. The fourth-order valence-corrected chi connectivity index (χ4v) is 4.76. The van der Waals surface area contributed by atoms with Crippen LogP contribution in [0.15, 0.2) is 35.3 Å². The zero-order valence-corrected chi connectivity index (χ0v) is 27.1. The molecule has 0 aromatic heterocycles. The van der Waals surface area contributed by atoms with E-state index in [1.807, 2.05) is 0 Å². The van der Waals surface area contributed by atoms with Gasteiger partial charge in [0.15, 0.2) is 7.37 Å². The fraction of sp³-hybridized carbons (Fsp3) is 0.500. The number of rotatable bonds is 15. The predicted molar refractivity (Wildman–Crippen MR) is 178 cm³/mol. The average Bonchev–Trinajstić information content (AvgIpc) is 3.08. The highest BCUT2D eigenvalue weighted by atomic mass is 16.4. The number of carbonyl (C=O) groups excluding carboxylic acids is 6. The van der Waals surface area contributed by atoms with Gasteiger partial charge in [0.05, 0.1) is 13.0 Å². The van der Waals surface area contributed by atoms with Gasteiger partial charge in [0.2, 0.25) is 35.4 Å². The van der Waals surface area contributed by atoms with Gasteiger partial charge in [-0.1, -0.05) is 30.3 Å². The number of carboxylic acid groups (broad SMARTS) is 1. The molecule has 11 N–H and O–H groups in total. The molecule has 1 fully saturated rings. The van der Waals surface area contributed by atoms with E-state index in [1.165, 1.54) is 0 Å². The number of amides is 6. The predicted octanol–water partition coefficient (Wildman–Crippen LogP) is -2.47. The molecule has 0 bridgehead atoms. The third-order valence-electron chi connectivity index (χ3n) is 7.25. The molecule has 17 heteroatoms. The lowest BCUT2D eigenvalue weighted by Gasteiger charge is -2.26.